The van der Waals surface area contributed by atoms with Gasteiger partial charge in [-0.15, -0.1) is 0 Å². The summed E-state index contributed by atoms with van der Waals surface area (Å²) in [5, 5.41) is 0. The molecule has 0 unspecified atom stereocenters. The number of nitrogens with zero attached hydrogens (tertiary/aromatic N) is 1. The molecule has 0 bridgehead atoms. The zero-order chi connectivity index (χ0) is 10.6. The predicted octanol–water partition coefficient (Wildman–Crippen LogP) is 2.15. The van der Waals surface area contributed by atoms with Crippen LogP contribution in [-0.2, 0) is 4.79 Å². The van der Waals surface area contributed by atoms with Crippen molar-refractivity contribution in [2.24, 2.45) is 5.92 Å². The minimum atomic E-state index is 0.444. The van der Waals surface area contributed by atoms with E-state index in [4.69, 9.17) is 0 Å². The number of piperidine rings is 1. The maximum Gasteiger partial charge on any atom is 0.136 e. The Hall–Kier alpha value is -0.630. The quantitative estimate of drug-likeness (QED) is 0.565. The summed E-state index contributed by atoms with van der Waals surface area (Å²) in [4.78, 5) is 14.3. The van der Waals surface area contributed by atoms with Crippen molar-refractivity contribution in [2.75, 3.05) is 0 Å². The van der Waals surface area contributed by atoms with Gasteiger partial charge in [0, 0.05) is 31.0 Å². The third-order valence-corrected chi connectivity index (χ3v) is 4.50. The normalized spacial score (nSPS) is 45.2. The van der Waals surface area contributed by atoms with Gasteiger partial charge >= 0.3 is 0 Å². The summed E-state index contributed by atoms with van der Waals surface area (Å²) in [7, 11) is 0. The van der Waals surface area contributed by atoms with Gasteiger partial charge in [0.15, 0.2) is 0 Å². The molecule has 0 aromatic heterocycles. The lowest BCUT2D eigenvalue weighted by Crippen LogP contribution is -2.53. The van der Waals surface area contributed by atoms with Gasteiger partial charge in [0.05, 0.1) is 0 Å². The van der Waals surface area contributed by atoms with E-state index in [-0.39, 0.29) is 0 Å². The number of hydrogen-bond acceptors (Lipinski definition) is 2. The van der Waals surface area contributed by atoms with Crippen molar-refractivity contribution >= 4 is 5.78 Å². The highest BCUT2D eigenvalue weighted by Crippen LogP contribution is 2.42. The van der Waals surface area contributed by atoms with Crippen LogP contribution in [0, 0.1) is 5.92 Å². The Morgan fingerprint density at radius 3 is 2.93 bits per heavy atom. The first-order valence-corrected chi connectivity index (χ1v) is 6.14. The summed E-state index contributed by atoms with van der Waals surface area (Å²) >= 11 is 0. The van der Waals surface area contributed by atoms with E-state index in [1.165, 1.54) is 18.4 Å². The molecule has 2 fully saturated rings. The number of rotatable bonds is 0. The maximum absolute atomic E-state index is 11.7. The van der Waals surface area contributed by atoms with Gasteiger partial charge in [0.1, 0.15) is 5.78 Å². The predicted molar refractivity (Wildman–Crippen MR) is 59.6 cm³/mol. The summed E-state index contributed by atoms with van der Waals surface area (Å²) in [5.74, 6) is 1.16. The van der Waals surface area contributed by atoms with E-state index in [9.17, 15) is 4.79 Å². The van der Waals surface area contributed by atoms with Gasteiger partial charge in [-0.1, -0.05) is 18.6 Å². The number of ketones is 1. The van der Waals surface area contributed by atoms with Crippen molar-refractivity contribution < 1.29 is 4.79 Å². The lowest BCUT2D eigenvalue weighted by Gasteiger charge is -2.46. The second-order valence-corrected chi connectivity index (χ2v) is 5.48. The van der Waals surface area contributed by atoms with E-state index in [1.807, 2.05) is 0 Å². The summed E-state index contributed by atoms with van der Waals surface area (Å²) in [6.45, 7) is 4.52. The van der Waals surface area contributed by atoms with Crippen LogP contribution in [0.1, 0.15) is 39.5 Å². The van der Waals surface area contributed by atoms with Crippen LogP contribution in [0.15, 0.2) is 11.6 Å². The van der Waals surface area contributed by atoms with Crippen LogP contribution in [0.3, 0.4) is 0 Å². The van der Waals surface area contributed by atoms with Crippen molar-refractivity contribution in [1.29, 1.82) is 0 Å². The fourth-order valence-corrected chi connectivity index (χ4v) is 3.86. The zero-order valence-electron chi connectivity index (χ0n) is 9.57. The molecule has 2 heteroatoms. The van der Waals surface area contributed by atoms with Crippen LogP contribution in [0.25, 0.3) is 0 Å². The van der Waals surface area contributed by atoms with Gasteiger partial charge < -0.3 is 0 Å². The molecule has 15 heavy (non-hydrogen) atoms. The molecule has 0 aliphatic carbocycles. The van der Waals surface area contributed by atoms with Crippen molar-refractivity contribution in [3.8, 4) is 0 Å². The molecule has 0 amide bonds. The van der Waals surface area contributed by atoms with E-state index >= 15 is 0 Å². The van der Waals surface area contributed by atoms with Gasteiger partial charge in [0.25, 0.3) is 0 Å². The standard InChI is InChI=1S/C13H19NO/c1-8-5-9(2)13-7-11(15)6-10-3-4-12(8)14(10)13/h5,8,10,12-13H,3-4,6-7H2,1-2H3/t8-,10+,12+,13+/m0/s1. The molecule has 0 aromatic carbocycles. The second-order valence-electron chi connectivity index (χ2n) is 5.48. The average Bonchev–Trinajstić information content (AvgIpc) is 2.58. The Kier molecular flexibility index (Phi) is 2.03. The van der Waals surface area contributed by atoms with Crippen LogP contribution in [0.2, 0.25) is 0 Å². The molecule has 3 aliphatic rings. The zero-order valence-corrected chi connectivity index (χ0v) is 9.57. The highest BCUT2D eigenvalue weighted by molar-refractivity contribution is 5.81. The monoisotopic (exact) mass is 205 g/mol. The van der Waals surface area contributed by atoms with Gasteiger partial charge in [-0.3, -0.25) is 9.69 Å². The SMILES string of the molecule is CC1=C[C@H](C)[C@H]2CC[C@@H]3CC(=O)C[C@H]1N32. The highest BCUT2D eigenvalue weighted by atomic mass is 16.1. The van der Waals surface area contributed by atoms with Crippen LogP contribution in [0.5, 0.6) is 0 Å². The fraction of sp³-hybridized carbons (Fsp3) is 0.769. The van der Waals surface area contributed by atoms with Crippen molar-refractivity contribution in [3.05, 3.63) is 11.6 Å². The van der Waals surface area contributed by atoms with Crippen LogP contribution >= 0.6 is 0 Å². The molecule has 82 valence electrons. The van der Waals surface area contributed by atoms with Gasteiger partial charge in [-0.2, -0.15) is 0 Å². The van der Waals surface area contributed by atoms with E-state index in [1.54, 1.807) is 0 Å². The third kappa shape index (κ3) is 1.31. The Morgan fingerprint density at radius 1 is 1.33 bits per heavy atom. The first kappa shape index (κ1) is 9.59. The molecule has 4 atom stereocenters. The van der Waals surface area contributed by atoms with Gasteiger partial charge in [-0.05, 0) is 25.7 Å². The first-order chi connectivity index (χ1) is 7.16. The molecular formula is C13H19NO. The summed E-state index contributed by atoms with van der Waals surface area (Å²) in [6.07, 6.45) is 6.50. The van der Waals surface area contributed by atoms with E-state index in [0.29, 0.717) is 23.8 Å². The number of carbonyl (C=O) groups is 1. The minimum absolute atomic E-state index is 0.444. The molecule has 3 aliphatic heterocycles. The van der Waals surface area contributed by atoms with Gasteiger partial charge in [0.2, 0.25) is 0 Å². The summed E-state index contributed by atoms with van der Waals surface area (Å²) < 4.78 is 0. The topological polar surface area (TPSA) is 20.3 Å². The fourth-order valence-electron chi connectivity index (χ4n) is 3.86. The lowest BCUT2D eigenvalue weighted by molar-refractivity contribution is -0.125. The van der Waals surface area contributed by atoms with Crippen molar-refractivity contribution in [3.63, 3.8) is 0 Å². The molecule has 3 rings (SSSR count). The molecule has 3 heterocycles. The number of Topliss-reactive ketones (excluding diaryl/α,β-unsaturated/α-hetero) is 1. The van der Waals surface area contributed by atoms with Gasteiger partial charge in [-0.25, -0.2) is 0 Å². The Morgan fingerprint density at radius 2 is 2.13 bits per heavy atom. The molecule has 2 saturated heterocycles. The van der Waals surface area contributed by atoms with E-state index in [2.05, 4.69) is 24.8 Å². The molecule has 0 spiro atoms. The Balaban J connectivity index is 1.99. The minimum Gasteiger partial charge on any atom is -0.300 e. The van der Waals surface area contributed by atoms with E-state index in [0.717, 1.165) is 18.9 Å². The lowest BCUT2D eigenvalue weighted by atomic mass is 9.84. The smallest absolute Gasteiger partial charge is 0.136 e. The maximum atomic E-state index is 11.7. The molecule has 0 N–H and O–H groups in total. The molecule has 0 radical (unpaired) electrons. The van der Waals surface area contributed by atoms with Crippen LogP contribution in [-0.4, -0.2) is 28.8 Å². The highest BCUT2D eigenvalue weighted by Gasteiger charge is 2.46. The van der Waals surface area contributed by atoms with Crippen LogP contribution in [0.4, 0.5) is 0 Å². The van der Waals surface area contributed by atoms with Crippen molar-refractivity contribution in [1.82, 2.24) is 4.90 Å². The largest absolute Gasteiger partial charge is 0.300 e. The first-order valence-electron chi connectivity index (χ1n) is 6.14. The molecule has 0 saturated carbocycles. The van der Waals surface area contributed by atoms with E-state index < -0.39 is 0 Å². The molecular weight excluding hydrogens is 186 g/mol. The van der Waals surface area contributed by atoms with Crippen LogP contribution < -0.4 is 0 Å². The Bertz CT molecular complexity index is 333. The van der Waals surface area contributed by atoms with Crippen molar-refractivity contribution in [2.45, 2.75) is 57.7 Å². The number of carbonyl (C=O) groups excluding carboxylic acids is 1. The molecule has 0 aromatic rings. The molecule has 2 nitrogen and oxygen atoms in total. The second kappa shape index (κ2) is 3.18. The summed E-state index contributed by atoms with van der Waals surface area (Å²) in [5.41, 5.74) is 1.43. The number of hydrogen-bond donors (Lipinski definition) is 0. The average molecular weight is 205 g/mol. The summed E-state index contributed by atoms with van der Waals surface area (Å²) in [6, 6.07) is 1.73. The third-order valence-electron chi connectivity index (χ3n) is 4.50. The Labute approximate surface area is 91.3 Å².